The molecule has 0 aromatic carbocycles. The third kappa shape index (κ3) is 5.38. The van der Waals surface area contributed by atoms with E-state index in [2.05, 4.69) is 17.3 Å². The summed E-state index contributed by atoms with van der Waals surface area (Å²) < 4.78 is 10.6. The molecule has 0 bridgehead atoms. The molecule has 1 aliphatic heterocycles. The average Bonchev–Trinajstić information content (AvgIpc) is 2.40. The third-order valence-electron chi connectivity index (χ3n) is 3.79. The van der Waals surface area contributed by atoms with Crippen molar-refractivity contribution in [1.29, 1.82) is 0 Å². The van der Waals surface area contributed by atoms with Gasteiger partial charge in [0.25, 0.3) is 0 Å². The van der Waals surface area contributed by atoms with Crippen LogP contribution in [0.2, 0.25) is 0 Å². The molecule has 1 rings (SSSR count). The molecule has 0 amide bonds. The van der Waals surface area contributed by atoms with E-state index in [1.165, 1.54) is 0 Å². The van der Waals surface area contributed by atoms with Crippen molar-refractivity contribution in [3.63, 3.8) is 0 Å². The molecule has 0 aromatic rings. The molecular weight excluding hydrogens is 256 g/mol. The number of esters is 1. The summed E-state index contributed by atoms with van der Waals surface area (Å²) >= 11 is 0. The lowest BCUT2D eigenvalue weighted by Gasteiger charge is -2.34. The summed E-state index contributed by atoms with van der Waals surface area (Å²) in [5.41, 5.74) is -0.634. The maximum absolute atomic E-state index is 12.2. The highest BCUT2D eigenvalue weighted by Gasteiger charge is 2.35. The number of nitrogens with one attached hydrogen (secondary N) is 1. The summed E-state index contributed by atoms with van der Waals surface area (Å²) in [5.74, 6) is 0.502. The first-order valence-electron chi connectivity index (χ1n) is 7.70. The summed E-state index contributed by atoms with van der Waals surface area (Å²) in [7, 11) is 2.07. The number of nitrogens with zero attached hydrogens (tertiary/aromatic N) is 1. The molecule has 5 nitrogen and oxygen atoms in total. The Labute approximate surface area is 123 Å². The Morgan fingerprint density at radius 1 is 1.40 bits per heavy atom. The number of hydrogen-bond donors (Lipinski definition) is 1. The summed E-state index contributed by atoms with van der Waals surface area (Å²) in [6.45, 7) is 10.3. The summed E-state index contributed by atoms with van der Waals surface area (Å²) in [5, 5.41) is 3.27. The van der Waals surface area contributed by atoms with Crippen molar-refractivity contribution in [2.24, 2.45) is 5.92 Å². The molecule has 1 fully saturated rings. The van der Waals surface area contributed by atoms with E-state index >= 15 is 0 Å². The molecule has 5 heteroatoms. The fraction of sp³-hybridized carbons (Fsp3) is 0.933. The minimum atomic E-state index is -0.634. The topological polar surface area (TPSA) is 50.8 Å². The van der Waals surface area contributed by atoms with E-state index in [0.717, 1.165) is 39.1 Å². The fourth-order valence-corrected chi connectivity index (χ4v) is 2.85. The van der Waals surface area contributed by atoms with Gasteiger partial charge in [-0.15, -0.1) is 0 Å². The van der Waals surface area contributed by atoms with Crippen LogP contribution in [0.1, 0.15) is 33.6 Å². The van der Waals surface area contributed by atoms with Crippen LogP contribution < -0.4 is 5.32 Å². The monoisotopic (exact) mass is 286 g/mol. The molecule has 1 aliphatic rings. The lowest BCUT2D eigenvalue weighted by atomic mass is 9.97. The van der Waals surface area contributed by atoms with Gasteiger partial charge >= 0.3 is 5.97 Å². The molecule has 118 valence electrons. The van der Waals surface area contributed by atoms with E-state index in [4.69, 9.17) is 9.47 Å². The number of rotatable bonds is 8. The van der Waals surface area contributed by atoms with Crippen molar-refractivity contribution in [2.45, 2.75) is 39.2 Å². The van der Waals surface area contributed by atoms with Gasteiger partial charge in [-0.3, -0.25) is 4.79 Å². The first kappa shape index (κ1) is 17.4. The van der Waals surface area contributed by atoms with E-state index < -0.39 is 5.54 Å². The van der Waals surface area contributed by atoms with E-state index in [-0.39, 0.29) is 5.97 Å². The molecule has 1 atom stereocenters. The fourth-order valence-electron chi connectivity index (χ4n) is 2.85. The standard InChI is InChI=1S/C15H30N2O3/c1-5-16-15(3,14(18)20-6-2)12-17(4)11-13-7-9-19-10-8-13/h13,16H,5-12H2,1-4H3. The van der Waals surface area contributed by atoms with Gasteiger partial charge in [0.15, 0.2) is 0 Å². The van der Waals surface area contributed by atoms with E-state index in [0.29, 0.717) is 19.1 Å². The summed E-state index contributed by atoms with van der Waals surface area (Å²) in [4.78, 5) is 14.4. The van der Waals surface area contributed by atoms with Crippen molar-refractivity contribution in [2.75, 3.05) is 46.5 Å². The zero-order valence-corrected chi connectivity index (χ0v) is 13.4. The zero-order valence-electron chi connectivity index (χ0n) is 13.4. The molecular formula is C15H30N2O3. The van der Waals surface area contributed by atoms with Gasteiger partial charge in [-0.2, -0.15) is 0 Å². The first-order valence-corrected chi connectivity index (χ1v) is 7.70. The van der Waals surface area contributed by atoms with Crippen LogP contribution in [-0.4, -0.2) is 62.9 Å². The minimum absolute atomic E-state index is 0.166. The molecule has 1 heterocycles. The molecule has 1 N–H and O–H groups in total. The Hall–Kier alpha value is -0.650. The molecule has 0 aromatic heterocycles. The molecule has 1 saturated heterocycles. The maximum atomic E-state index is 12.2. The molecule has 0 spiro atoms. The van der Waals surface area contributed by atoms with Crippen LogP contribution in [0.3, 0.4) is 0 Å². The number of hydrogen-bond acceptors (Lipinski definition) is 5. The second-order valence-corrected chi connectivity index (χ2v) is 5.84. The van der Waals surface area contributed by atoms with Crippen molar-refractivity contribution in [1.82, 2.24) is 10.2 Å². The summed E-state index contributed by atoms with van der Waals surface area (Å²) in [6.07, 6.45) is 2.23. The molecule has 1 unspecified atom stereocenters. The Balaban J connectivity index is 2.52. The number of carbonyl (C=O) groups is 1. The van der Waals surface area contributed by atoms with Gasteiger partial charge in [0.05, 0.1) is 6.61 Å². The number of carbonyl (C=O) groups excluding carboxylic acids is 1. The predicted molar refractivity (Wildman–Crippen MR) is 79.8 cm³/mol. The van der Waals surface area contributed by atoms with Crippen molar-refractivity contribution < 1.29 is 14.3 Å². The van der Waals surface area contributed by atoms with Crippen LogP contribution in [-0.2, 0) is 14.3 Å². The Morgan fingerprint density at radius 3 is 2.60 bits per heavy atom. The second kappa shape index (κ2) is 8.60. The smallest absolute Gasteiger partial charge is 0.327 e. The molecule has 0 aliphatic carbocycles. The minimum Gasteiger partial charge on any atom is -0.465 e. The molecule has 0 radical (unpaired) electrons. The van der Waals surface area contributed by atoms with Crippen LogP contribution in [0.4, 0.5) is 0 Å². The number of ether oxygens (including phenoxy) is 2. The van der Waals surface area contributed by atoms with Crippen molar-refractivity contribution >= 4 is 5.97 Å². The van der Waals surface area contributed by atoms with Gasteiger partial charge in [-0.1, -0.05) is 6.92 Å². The average molecular weight is 286 g/mol. The van der Waals surface area contributed by atoms with Gasteiger partial charge < -0.3 is 19.7 Å². The van der Waals surface area contributed by atoms with Crippen molar-refractivity contribution in [3.05, 3.63) is 0 Å². The SMILES string of the molecule is CCNC(C)(CN(C)CC1CCOCC1)C(=O)OCC. The van der Waals surface area contributed by atoms with Crippen LogP contribution in [0.15, 0.2) is 0 Å². The van der Waals surface area contributed by atoms with Crippen LogP contribution >= 0.6 is 0 Å². The second-order valence-electron chi connectivity index (χ2n) is 5.84. The lowest BCUT2D eigenvalue weighted by molar-refractivity contribution is -0.151. The van der Waals surface area contributed by atoms with E-state index in [9.17, 15) is 4.79 Å². The highest BCUT2D eigenvalue weighted by molar-refractivity contribution is 5.80. The van der Waals surface area contributed by atoms with Crippen LogP contribution in [0.25, 0.3) is 0 Å². The van der Waals surface area contributed by atoms with Gasteiger partial charge in [-0.05, 0) is 46.2 Å². The highest BCUT2D eigenvalue weighted by Crippen LogP contribution is 2.17. The Morgan fingerprint density at radius 2 is 2.05 bits per heavy atom. The maximum Gasteiger partial charge on any atom is 0.327 e. The largest absolute Gasteiger partial charge is 0.465 e. The predicted octanol–water partition coefficient (Wildman–Crippen LogP) is 1.28. The van der Waals surface area contributed by atoms with Gasteiger partial charge in [0, 0.05) is 26.3 Å². The first-order chi connectivity index (χ1) is 9.51. The van der Waals surface area contributed by atoms with Gasteiger partial charge in [0.2, 0.25) is 0 Å². The third-order valence-corrected chi connectivity index (χ3v) is 3.79. The Kier molecular flexibility index (Phi) is 7.48. The zero-order chi connectivity index (χ0) is 15.0. The summed E-state index contributed by atoms with van der Waals surface area (Å²) in [6, 6.07) is 0. The highest BCUT2D eigenvalue weighted by atomic mass is 16.5. The quantitative estimate of drug-likeness (QED) is 0.681. The van der Waals surface area contributed by atoms with Gasteiger partial charge in [0.1, 0.15) is 5.54 Å². The van der Waals surface area contributed by atoms with E-state index in [1.807, 2.05) is 20.8 Å². The Bertz CT molecular complexity index is 293. The lowest BCUT2D eigenvalue weighted by Crippen LogP contribution is -2.57. The molecule has 0 saturated carbocycles. The van der Waals surface area contributed by atoms with Crippen LogP contribution in [0, 0.1) is 5.92 Å². The van der Waals surface area contributed by atoms with E-state index in [1.54, 1.807) is 0 Å². The van der Waals surface area contributed by atoms with Crippen LogP contribution in [0.5, 0.6) is 0 Å². The van der Waals surface area contributed by atoms with Crippen molar-refractivity contribution in [3.8, 4) is 0 Å². The number of likely N-dealkylation sites (N-methyl/N-ethyl adjacent to an activating group) is 2. The van der Waals surface area contributed by atoms with Gasteiger partial charge in [-0.25, -0.2) is 0 Å². The normalized spacial score (nSPS) is 19.9. The molecule has 20 heavy (non-hydrogen) atoms.